The number of rotatable bonds is 6. The van der Waals surface area contributed by atoms with Gasteiger partial charge in [-0.25, -0.2) is 0 Å². The summed E-state index contributed by atoms with van der Waals surface area (Å²) in [7, 11) is 2.26. The van der Waals surface area contributed by atoms with E-state index >= 15 is 0 Å². The molecule has 0 saturated carbocycles. The smallest absolute Gasteiger partial charge is 0.185 e. The van der Waals surface area contributed by atoms with Crippen LogP contribution in [0.1, 0.15) is 37.8 Å². The average Bonchev–Trinajstić information content (AvgIpc) is 3.67. The molecule has 6 rings (SSSR count). The van der Waals surface area contributed by atoms with Gasteiger partial charge in [0.25, 0.3) is 0 Å². The van der Waals surface area contributed by atoms with Crippen molar-refractivity contribution in [2.45, 2.75) is 39.3 Å². The van der Waals surface area contributed by atoms with Crippen molar-refractivity contribution in [1.29, 1.82) is 5.26 Å². The van der Waals surface area contributed by atoms with E-state index in [1.807, 2.05) is 30.6 Å². The summed E-state index contributed by atoms with van der Waals surface area (Å²) in [6, 6.07) is 19.6. The number of fused-ring (bicyclic) bond motifs is 5. The first-order valence-electron chi connectivity index (χ1n) is 13.2. The molecule has 2 aliphatic heterocycles. The maximum atomic E-state index is 9.15. The highest BCUT2D eigenvalue weighted by Gasteiger charge is 2.27. The summed E-state index contributed by atoms with van der Waals surface area (Å²) < 4.78 is 4.38. The molecule has 2 aromatic carbocycles. The van der Waals surface area contributed by atoms with Gasteiger partial charge in [0.1, 0.15) is 6.33 Å². The van der Waals surface area contributed by atoms with Crippen molar-refractivity contribution in [2.24, 2.45) is 5.92 Å². The second-order valence-corrected chi connectivity index (χ2v) is 10.6. The minimum Gasteiger partial charge on any atom is -0.371 e. The van der Waals surface area contributed by atoms with Gasteiger partial charge in [-0.3, -0.25) is 4.57 Å². The van der Waals surface area contributed by atoms with Crippen molar-refractivity contribution in [3.63, 3.8) is 0 Å². The fourth-order valence-corrected chi connectivity index (χ4v) is 5.74. The third-order valence-electron chi connectivity index (χ3n) is 8.22. The largest absolute Gasteiger partial charge is 0.371 e. The molecule has 0 bridgehead atoms. The van der Waals surface area contributed by atoms with E-state index in [0.29, 0.717) is 17.5 Å². The van der Waals surface area contributed by atoms with E-state index in [2.05, 4.69) is 86.6 Å². The summed E-state index contributed by atoms with van der Waals surface area (Å²) in [6.07, 6.45) is 6.43. The lowest BCUT2D eigenvalue weighted by Crippen LogP contribution is -2.34. The lowest BCUT2D eigenvalue weighted by Gasteiger charge is -2.27. The maximum absolute atomic E-state index is 9.15. The van der Waals surface area contributed by atoms with E-state index in [0.717, 1.165) is 54.5 Å². The molecule has 1 fully saturated rings. The third kappa shape index (κ3) is 4.32. The summed E-state index contributed by atoms with van der Waals surface area (Å²) in [5.41, 5.74) is 7.61. The molecule has 4 aromatic rings. The van der Waals surface area contributed by atoms with Crippen LogP contribution in [0.25, 0.3) is 28.3 Å². The van der Waals surface area contributed by atoms with Gasteiger partial charge < -0.3 is 14.4 Å². The molecule has 0 unspecified atom stereocenters. The molecule has 2 aromatic heterocycles. The number of anilines is 1. The summed E-state index contributed by atoms with van der Waals surface area (Å²) in [4.78, 5) is 5.06. The Morgan fingerprint density at radius 3 is 2.76 bits per heavy atom. The lowest BCUT2D eigenvalue weighted by molar-refractivity contribution is 0.220. The van der Waals surface area contributed by atoms with Crippen molar-refractivity contribution < 1.29 is 0 Å². The van der Waals surface area contributed by atoms with Gasteiger partial charge in [0.15, 0.2) is 5.82 Å². The summed E-state index contributed by atoms with van der Waals surface area (Å²) in [6.45, 7) is 8.73. The highest BCUT2D eigenvalue weighted by Crippen LogP contribution is 2.35. The van der Waals surface area contributed by atoms with Crippen LogP contribution in [0.2, 0.25) is 0 Å². The highest BCUT2D eigenvalue weighted by molar-refractivity contribution is 5.72. The second-order valence-electron chi connectivity index (χ2n) is 10.6. The van der Waals surface area contributed by atoms with Gasteiger partial charge in [-0.2, -0.15) is 5.26 Å². The standard InChI is InChI=1S/C30H33N7/c1-4-21(2)34(3)16-23-11-12-35(17-23)27-9-10-28-26(13-27)19-36-18-25(24-7-5-22(15-31)6-8-24)14-29(36)30-33-32-20-37(28)30/h5-10,13-14,18,20-21,23H,4,11-12,16-17,19H2,1-3H3/t21-,23+/m1/s1. The van der Waals surface area contributed by atoms with Gasteiger partial charge >= 0.3 is 0 Å². The van der Waals surface area contributed by atoms with Crippen molar-refractivity contribution >= 4 is 5.69 Å². The number of aromatic nitrogens is 4. The Morgan fingerprint density at radius 2 is 1.97 bits per heavy atom. The van der Waals surface area contributed by atoms with Crippen molar-refractivity contribution in [2.75, 3.05) is 31.6 Å². The summed E-state index contributed by atoms with van der Waals surface area (Å²) in [5.74, 6) is 1.55. The van der Waals surface area contributed by atoms with E-state index in [1.54, 1.807) is 0 Å². The van der Waals surface area contributed by atoms with Crippen LogP contribution in [0.3, 0.4) is 0 Å². The minimum atomic E-state index is 0.629. The molecule has 0 aliphatic carbocycles. The van der Waals surface area contributed by atoms with Crippen molar-refractivity contribution in [3.05, 3.63) is 72.2 Å². The first kappa shape index (κ1) is 23.5. The fourth-order valence-electron chi connectivity index (χ4n) is 5.74. The van der Waals surface area contributed by atoms with Crippen molar-refractivity contribution in [1.82, 2.24) is 24.2 Å². The highest BCUT2D eigenvalue weighted by atomic mass is 15.3. The molecule has 0 N–H and O–H groups in total. The summed E-state index contributed by atoms with van der Waals surface area (Å²) >= 11 is 0. The normalized spacial score (nSPS) is 17.2. The Labute approximate surface area is 218 Å². The molecule has 0 radical (unpaired) electrons. The Kier molecular flexibility index (Phi) is 6.05. The van der Waals surface area contributed by atoms with Gasteiger partial charge in [-0.05, 0) is 80.3 Å². The quantitative estimate of drug-likeness (QED) is 0.327. The molecule has 0 amide bonds. The van der Waals surface area contributed by atoms with E-state index in [1.165, 1.54) is 24.1 Å². The Hall–Kier alpha value is -3.89. The van der Waals surface area contributed by atoms with Gasteiger partial charge in [0, 0.05) is 49.7 Å². The average molecular weight is 492 g/mol. The molecule has 188 valence electrons. The Morgan fingerprint density at radius 1 is 1.14 bits per heavy atom. The summed E-state index contributed by atoms with van der Waals surface area (Å²) in [5, 5.41) is 17.9. The number of hydrogen-bond acceptors (Lipinski definition) is 5. The third-order valence-corrected chi connectivity index (χ3v) is 8.22. The van der Waals surface area contributed by atoms with Gasteiger partial charge in [0.2, 0.25) is 0 Å². The molecule has 1 saturated heterocycles. The molecule has 7 nitrogen and oxygen atoms in total. The number of nitriles is 1. The Balaban J connectivity index is 1.29. The predicted octanol–water partition coefficient (Wildman–Crippen LogP) is 5.19. The zero-order valence-corrected chi connectivity index (χ0v) is 21.8. The minimum absolute atomic E-state index is 0.629. The van der Waals surface area contributed by atoms with E-state index < -0.39 is 0 Å². The van der Waals surface area contributed by atoms with Crippen LogP contribution in [0, 0.1) is 17.2 Å². The lowest BCUT2D eigenvalue weighted by atomic mass is 10.1. The van der Waals surface area contributed by atoms with Gasteiger partial charge in [-0.15, -0.1) is 10.2 Å². The molecular weight excluding hydrogens is 458 g/mol. The van der Waals surface area contributed by atoms with Crippen LogP contribution >= 0.6 is 0 Å². The maximum Gasteiger partial charge on any atom is 0.185 e. The molecule has 0 spiro atoms. The molecule has 7 heteroatoms. The number of hydrogen-bond donors (Lipinski definition) is 0. The molecular formula is C30H33N7. The van der Waals surface area contributed by atoms with E-state index in [9.17, 15) is 0 Å². The number of benzene rings is 2. The first-order valence-corrected chi connectivity index (χ1v) is 13.2. The monoisotopic (exact) mass is 491 g/mol. The zero-order chi connectivity index (χ0) is 25.5. The number of nitrogens with zero attached hydrogens (tertiary/aromatic N) is 7. The zero-order valence-electron chi connectivity index (χ0n) is 21.8. The fraction of sp³-hybridized carbons (Fsp3) is 0.367. The van der Waals surface area contributed by atoms with Crippen LogP contribution < -0.4 is 4.90 Å². The first-order chi connectivity index (χ1) is 18.0. The van der Waals surface area contributed by atoms with Crippen LogP contribution in [0.4, 0.5) is 5.69 Å². The van der Waals surface area contributed by atoms with Gasteiger partial charge in [-0.1, -0.05) is 19.1 Å². The van der Waals surface area contributed by atoms with Crippen LogP contribution in [-0.4, -0.2) is 57.0 Å². The SMILES string of the molecule is CC[C@@H](C)N(C)C[C@@H]1CCN(c2ccc3c(c2)Cn2cc(-c4ccc(C#N)cc4)cc2-c2nncn2-3)C1. The molecule has 37 heavy (non-hydrogen) atoms. The molecule has 2 atom stereocenters. The van der Waals surface area contributed by atoms with Crippen LogP contribution in [0.5, 0.6) is 0 Å². The topological polar surface area (TPSA) is 65.9 Å². The molecule has 4 heterocycles. The van der Waals surface area contributed by atoms with E-state index in [4.69, 9.17) is 5.26 Å². The second kappa shape index (κ2) is 9.53. The van der Waals surface area contributed by atoms with Crippen LogP contribution in [-0.2, 0) is 6.54 Å². The molecule has 2 aliphatic rings. The van der Waals surface area contributed by atoms with Gasteiger partial charge in [0.05, 0.1) is 23.0 Å². The van der Waals surface area contributed by atoms with Crippen LogP contribution in [0.15, 0.2) is 61.1 Å². The Bertz CT molecular complexity index is 1460. The van der Waals surface area contributed by atoms with Crippen molar-refractivity contribution in [3.8, 4) is 34.4 Å². The van der Waals surface area contributed by atoms with E-state index in [-0.39, 0.29) is 0 Å². The predicted molar refractivity (Wildman–Crippen MR) is 147 cm³/mol.